The first kappa shape index (κ1) is 12.1. The average Bonchev–Trinajstić information content (AvgIpc) is 2.11. The zero-order chi connectivity index (χ0) is 10.3. The number of ether oxygens (including phenoxy) is 1. The van der Waals surface area contributed by atoms with Gasteiger partial charge in [0.15, 0.2) is 0 Å². The van der Waals surface area contributed by atoms with Gasteiger partial charge in [0.05, 0.1) is 0 Å². The molecule has 0 amide bonds. The topological polar surface area (TPSA) is 44.8 Å². The van der Waals surface area contributed by atoms with E-state index in [1.165, 1.54) is 0 Å². The Kier molecular flexibility index (Phi) is 6.18. The average molecular weight is 188 g/mol. The van der Waals surface area contributed by atoms with E-state index in [-0.39, 0.29) is 0 Å². The number of hydrogen-bond acceptors (Lipinski definition) is 4. The van der Waals surface area contributed by atoms with Crippen molar-refractivity contribution in [3.63, 3.8) is 0 Å². The molecule has 0 bridgehead atoms. The van der Waals surface area contributed by atoms with Crippen molar-refractivity contribution in [3.8, 4) is 0 Å². The molecule has 76 valence electrons. The van der Waals surface area contributed by atoms with Crippen molar-refractivity contribution in [2.24, 2.45) is 0 Å². The van der Waals surface area contributed by atoms with Gasteiger partial charge in [0.25, 0.3) is 0 Å². The highest BCUT2D eigenvalue weighted by atomic mass is 17.2. The molecule has 0 saturated heterocycles. The highest BCUT2D eigenvalue weighted by molar-refractivity contribution is 5.86. The Bertz CT molecular complexity index is 176. The minimum atomic E-state index is -0.571. The standard InChI is InChI=1S/C9H16O4/c1-5-8(11-6-2)12-13-9(10)7(3)4/h8H,3,5-6H2,1-2,4H3. The van der Waals surface area contributed by atoms with Gasteiger partial charge in [0.2, 0.25) is 6.29 Å². The first-order chi connectivity index (χ1) is 6.11. The van der Waals surface area contributed by atoms with Crippen LogP contribution in [0, 0.1) is 0 Å². The normalized spacial score (nSPS) is 12.2. The van der Waals surface area contributed by atoms with Crippen molar-refractivity contribution in [1.82, 2.24) is 0 Å². The smallest absolute Gasteiger partial charge is 0.349 e. The van der Waals surface area contributed by atoms with Gasteiger partial charge in [0, 0.05) is 12.2 Å². The van der Waals surface area contributed by atoms with Crippen LogP contribution in [0.3, 0.4) is 0 Å². The van der Waals surface area contributed by atoms with Gasteiger partial charge in [-0.2, -0.15) is 4.89 Å². The predicted octanol–water partition coefficient (Wildman–Crippen LogP) is 1.81. The van der Waals surface area contributed by atoms with Crippen LogP contribution in [0.25, 0.3) is 0 Å². The van der Waals surface area contributed by atoms with E-state index in [9.17, 15) is 4.79 Å². The Morgan fingerprint density at radius 1 is 1.46 bits per heavy atom. The predicted molar refractivity (Wildman–Crippen MR) is 47.7 cm³/mol. The third-order valence-corrected chi connectivity index (χ3v) is 1.27. The van der Waals surface area contributed by atoms with Crippen LogP contribution in [0.2, 0.25) is 0 Å². The van der Waals surface area contributed by atoms with Gasteiger partial charge < -0.3 is 4.74 Å². The molecule has 0 aliphatic rings. The quantitative estimate of drug-likeness (QED) is 0.276. The molecule has 0 saturated carbocycles. The lowest BCUT2D eigenvalue weighted by Crippen LogP contribution is -2.19. The first-order valence-electron chi connectivity index (χ1n) is 4.26. The highest BCUT2D eigenvalue weighted by Gasteiger charge is 2.11. The molecule has 0 aromatic heterocycles. The minimum absolute atomic E-state index is 0.298. The molecule has 0 aromatic carbocycles. The minimum Gasteiger partial charge on any atom is -0.349 e. The fourth-order valence-electron chi connectivity index (χ4n) is 0.568. The summed E-state index contributed by atoms with van der Waals surface area (Å²) in [5.74, 6) is -0.571. The molecule has 1 atom stereocenters. The second kappa shape index (κ2) is 6.62. The van der Waals surface area contributed by atoms with Crippen LogP contribution in [0.1, 0.15) is 27.2 Å². The van der Waals surface area contributed by atoms with Crippen molar-refractivity contribution >= 4 is 5.97 Å². The number of rotatable bonds is 6. The third kappa shape index (κ3) is 5.38. The zero-order valence-electron chi connectivity index (χ0n) is 8.33. The summed E-state index contributed by atoms with van der Waals surface area (Å²) in [5.41, 5.74) is 0.298. The Labute approximate surface area is 78.4 Å². The second-order valence-electron chi connectivity index (χ2n) is 2.54. The summed E-state index contributed by atoms with van der Waals surface area (Å²) in [6, 6.07) is 0. The molecule has 0 aliphatic heterocycles. The van der Waals surface area contributed by atoms with E-state index < -0.39 is 12.3 Å². The number of carbonyl (C=O) groups excluding carboxylic acids is 1. The van der Waals surface area contributed by atoms with E-state index in [2.05, 4.69) is 11.5 Å². The lowest BCUT2D eigenvalue weighted by Gasteiger charge is -2.13. The summed E-state index contributed by atoms with van der Waals surface area (Å²) >= 11 is 0. The maximum Gasteiger partial charge on any atom is 0.368 e. The Balaban J connectivity index is 3.71. The SMILES string of the molecule is C=C(C)C(=O)OOC(CC)OCC. The fraction of sp³-hybridized carbons (Fsp3) is 0.667. The highest BCUT2D eigenvalue weighted by Crippen LogP contribution is 2.02. The first-order valence-corrected chi connectivity index (χ1v) is 4.26. The zero-order valence-corrected chi connectivity index (χ0v) is 8.33. The maximum absolute atomic E-state index is 10.9. The van der Waals surface area contributed by atoms with Crippen LogP contribution in [0.15, 0.2) is 12.2 Å². The van der Waals surface area contributed by atoms with Gasteiger partial charge in [-0.05, 0) is 20.3 Å². The van der Waals surface area contributed by atoms with E-state index in [0.717, 1.165) is 0 Å². The van der Waals surface area contributed by atoms with Gasteiger partial charge in [-0.15, -0.1) is 0 Å². The van der Waals surface area contributed by atoms with Crippen LogP contribution in [0.4, 0.5) is 0 Å². The van der Waals surface area contributed by atoms with Crippen LogP contribution < -0.4 is 0 Å². The van der Waals surface area contributed by atoms with Crippen LogP contribution >= 0.6 is 0 Å². The Morgan fingerprint density at radius 3 is 2.46 bits per heavy atom. The van der Waals surface area contributed by atoms with Crippen LogP contribution in [0.5, 0.6) is 0 Å². The van der Waals surface area contributed by atoms with Crippen LogP contribution in [-0.2, 0) is 19.3 Å². The fourth-order valence-corrected chi connectivity index (χ4v) is 0.568. The van der Waals surface area contributed by atoms with E-state index in [0.29, 0.717) is 18.6 Å². The van der Waals surface area contributed by atoms with Gasteiger partial charge in [-0.1, -0.05) is 13.5 Å². The molecule has 0 radical (unpaired) electrons. The summed E-state index contributed by atoms with van der Waals surface area (Å²) in [6.07, 6.45) is 0.130. The molecule has 0 fully saturated rings. The molecule has 13 heavy (non-hydrogen) atoms. The summed E-state index contributed by atoms with van der Waals surface area (Å²) in [4.78, 5) is 20.0. The number of hydrogen-bond donors (Lipinski definition) is 0. The van der Waals surface area contributed by atoms with Crippen molar-refractivity contribution in [1.29, 1.82) is 0 Å². The molecule has 0 N–H and O–H groups in total. The van der Waals surface area contributed by atoms with Crippen molar-refractivity contribution in [2.45, 2.75) is 33.5 Å². The molecule has 0 aromatic rings. The third-order valence-electron chi connectivity index (χ3n) is 1.27. The molecule has 4 nitrogen and oxygen atoms in total. The largest absolute Gasteiger partial charge is 0.368 e. The molecule has 0 spiro atoms. The number of carbonyl (C=O) groups is 1. The Hall–Kier alpha value is -0.870. The lowest BCUT2D eigenvalue weighted by atomic mass is 10.4. The van der Waals surface area contributed by atoms with Gasteiger partial charge in [0.1, 0.15) is 0 Å². The summed E-state index contributed by atoms with van der Waals surface area (Å²) in [5, 5.41) is 0. The van der Waals surface area contributed by atoms with Crippen molar-refractivity contribution < 1.29 is 19.3 Å². The van der Waals surface area contributed by atoms with E-state index in [1.807, 2.05) is 13.8 Å². The maximum atomic E-state index is 10.9. The van der Waals surface area contributed by atoms with Gasteiger partial charge in [-0.25, -0.2) is 4.79 Å². The second-order valence-corrected chi connectivity index (χ2v) is 2.54. The molecule has 0 heterocycles. The van der Waals surface area contributed by atoms with Crippen LogP contribution in [-0.4, -0.2) is 18.9 Å². The Morgan fingerprint density at radius 2 is 2.08 bits per heavy atom. The molecule has 0 rings (SSSR count). The van der Waals surface area contributed by atoms with Crippen molar-refractivity contribution in [3.05, 3.63) is 12.2 Å². The van der Waals surface area contributed by atoms with Gasteiger partial charge >= 0.3 is 5.97 Å². The van der Waals surface area contributed by atoms with Gasteiger partial charge in [-0.3, -0.25) is 4.89 Å². The molecule has 0 aliphatic carbocycles. The monoisotopic (exact) mass is 188 g/mol. The van der Waals surface area contributed by atoms with E-state index in [4.69, 9.17) is 9.62 Å². The summed E-state index contributed by atoms with van der Waals surface area (Å²) in [7, 11) is 0. The summed E-state index contributed by atoms with van der Waals surface area (Å²) < 4.78 is 5.09. The van der Waals surface area contributed by atoms with E-state index in [1.54, 1.807) is 6.92 Å². The molecular formula is C9H16O4. The molecule has 1 unspecified atom stereocenters. The van der Waals surface area contributed by atoms with E-state index >= 15 is 0 Å². The molecular weight excluding hydrogens is 172 g/mol. The summed E-state index contributed by atoms with van der Waals surface area (Å²) in [6.45, 7) is 9.19. The molecule has 4 heteroatoms. The van der Waals surface area contributed by atoms with Crippen molar-refractivity contribution in [2.75, 3.05) is 6.61 Å². The lowest BCUT2D eigenvalue weighted by molar-refractivity contribution is -0.349.